The van der Waals surface area contributed by atoms with Gasteiger partial charge in [-0.3, -0.25) is 0 Å². The molecule has 0 radical (unpaired) electrons. The first-order chi connectivity index (χ1) is 7.95. The van der Waals surface area contributed by atoms with Crippen LogP contribution in [-0.2, 0) is 4.74 Å². The van der Waals surface area contributed by atoms with E-state index in [4.69, 9.17) is 5.26 Å². The van der Waals surface area contributed by atoms with Crippen LogP contribution in [0.5, 0.6) is 0 Å². The maximum Gasteiger partial charge on any atom is 0.200 e. The lowest BCUT2D eigenvalue weighted by Gasteiger charge is -2.06. The monoisotopic (exact) mass is 249 g/mol. The second-order valence-corrected chi connectivity index (χ2v) is 2.82. The van der Waals surface area contributed by atoms with Gasteiger partial charge in [0.05, 0.1) is 18.2 Å². The molecular formula is C10H4F5NO. The molecule has 1 aromatic rings. The number of hydrogen-bond donors (Lipinski definition) is 0. The molecule has 0 N–H and O–H groups in total. The number of allylic oxidation sites excluding steroid dienone is 1. The van der Waals surface area contributed by atoms with Gasteiger partial charge in [0, 0.05) is 0 Å². The number of nitriles is 1. The first-order valence-electron chi connectivity index (χ1n) is 4.10. The van der Waals surface area contributed by atoms with Gasteiger partial charge in [-0.15, -0.1) is 0 Å². The fourth-order valence-electron chi connectivity index (χ4n) is 1.10. The third-order valence-electron chi connectivity index (χ3n) is 1.84. The maximum absolute atomic E-state index is 13.2. The van der Waals surface area contributed by atoms with E-state index in [1.165, 1.54) is 6.07 Å². The summed E-state index contributed by atoms with van der Waals surface area (Å²) in [7, 11) is 1.06. The largest absolute Gasteiger partial charge is 0.503 e. The van der Waals surface area contributed by atoms with Crippen molar-refractivity contribution in [1.82, 2.24) is 0 Å². The van der Waals surface area contributed by atoms with E-state index in [2.05, 4.69) is 4.74 Å². The van der Waals surface area contributed by atoms with Gasteiger partial charge in [0.2, 0.25) is 5.82 Å². The summed E-state index contributed by atoms with van der Waals surface area (Å²) in [4.78, 5) is 0. The Bertz CT molecular complexity index is 503. The molecule has 1 aromatic carbocycles. The number of rotatable bonds is 2. The first kappa shape index (κ1) is 13.0. The molecule has 0 aliphatic rings. The van der Waals surface area contributed by atoms with Crippen LogP contribution in [0, 0.1) is 40.4 Å². The topological polar surface area (TPSA) is 33.0 Å². The average Bonchev–Trinajstić information content (AvgIpc) is 2.33. The Kier molecular flexibility index (Phi) is 3.68. The van der Waals surface area contributed by atoms with Crippen molar-refractivity contribution in [3.63, 3.8) is 0 Å². The molecule has 0 saturated carbocycles. The highest BCUT2D eigenvalue weighted by atomic mass is 19.2. The molecule has 0 amide bonds. The lowest BCUT2D eigenvalue weighted by molar-refractivity contribution is 0.339. The smallest absolute Gasteiger partial charge is 0.200 e. The minimum Gasteiger partial charge on any atom is -0.503 e. The Hall–Kier alpha value is -2.10. The summed E-state index contributed by atoms with van der Waals surface area (Å²) in [5, 5.41) is 8.54. The Balaban J connectivity index is 3.67. The SMILES string of the molecule is COC=C(C#N)c1c(F)c(F)c(F)c(F)c1F. The zero-order chi connectivity index (χ0) is 13.2. The van der Waals surface area contributed by atoms with Crippen LogP contribution in [0.25, 0.3) is 5.57 Å². The molecule has 0 spiro atoms. The second-order valence-electron chi connectivity index (χ2n) is 2.82. The van der Waals surface area contributed by atoms with Crippen LogP contribution >= 0.6 is 0 Å². The van der Waals surface area contributed by atoms with E-state index in [1.54, 1.807) is 0 Å². The molecule has 90 valence electrons. The molecule has 0 aliphatic heterocycles. The van der Waals surface area contributed by atoms with Crippen molar-refractivity contribution in [1.29, 1.82) is 5.26 Å². The third kappa shape index (κ3) is 2.06. The van der Waals surface area contributed by atoms with Gasteiger partial charge < -0.3 is 4.74 Å². The lowest BCUT2D eigenvalue weighted by Crippen LogP contribution is -2.06. The highest BCUT2D eigenvalue weighted by Gasteiger charge is 2.27. The molecule has 1 rings (SSSR count). The van der Waals surface area contributed by atoms with E-state index in [0.29, 0.717) is 6.26 Å². The van der Waals surface area contributed by atoms with E-state index in [1.807, 2.05) is 0 Å². The molecule has 0 heterocycles. The summed E-state index contributed by atoms with van der Waals surface area (Å²) in [5.74, 6) is -10.7. The molecule has 0 aromatic heterocycles. The van der Waals surface area contributed by atoms with Crippen LogP contribution in [-0.4, -0.2) is 7.11 Å². The summed E-state index contributed by atoms with van der Waals surface area (Å²) in [6.45, 7) is 0. The van der Waals surface area contributed by atoms with Gasteiger partial charge in [-0.2, -0.15) is 5.26 Å². The second kappa shape index (κ2) is 4.82. The van der Waals surface area contributed by atoms with E-state index in [-0.39, 0.29) is 0 Å². The van der Waals surface area contributed by atoms with Crippen LogP contribution in [0.1, 0.15) is 5.56 Å². The van der Waals surface area contributed by atoms with Crippen molar-refractivity contribution in [2.24, 2.45) is 0 Å². The van der Waals surface area contributed by atoms with Crippen LogP contribution in [0.15, 0.2) is 6.26 Å². The van der Waals surface area contributed by atoms with Crippen molar-refractivity contribution in [3.8, 4) is 6.07 Å². The summed E-state index contributed by atoms with van der Waals surface area (Å²) < 4.78 is 69.0. The van der Waals surface area contributed by atoms with Gasteiger partial charge in [-0.1, -0.05) is 0 Å². The summed E-state index contributed by atoms with van der Waals surface area (Å²) >= 11 is 0. The standard InChI is InChI=1S/C10H4F5NO/c1-17-3-4(2-16)5-6(11)8(13)10(15)9(14)7(5)12/h3H,1H3. The van der Waals surface area contributed by atoms with Gasteiger partial charge in [0.25, 0.3) is 0 Å². The van der Waals surface area contributed by atoms with Crippen molar-refractivity contribution < 1.29 is 26.7 Å². The Morgan fingerprint density at radius 1 is 1.00 bits per heavy atom. The number of methoxy groups -OCH3 is 1. The zero-order valence-electron chi connectivity index (χ0n) is 8.32. The summed E-state index contributed by atoms with van der Waals surface area (Å²) in [6.07, 6.45) is 0.582. The Morgan fingerprint density at radius 3 is 1.76 bits per heavy atom. The summed E-state index contributed by atoms with van der Waals surface area (Å²) in [6, 6.07) is 1.28. The third-order valence-corrected chi connectivity index (χ3v) is 1.84. The van der Waals surface area contributed by atoms with Crippen LogP contribution in [0.2, 0.25) is 0 Å². The number of nitrogens with zero attached hydrogens (tertiary/aromatic N) is 1. The van der Waals surface area contributed by atoms with Crippen molar-refractivity contribution in [2.75, 3.05) is 7.11 Å². The molecule has 17 heavy (non-hydrogen) atoms. The number of hydrogen-bond acceptors (Lipinski definition) is 2. The summed E-state index contributed by atoms with van der Waals surface area (Å²) in [5.41, 5.74) is -2.12. The molecule has 0 unspecified atom stereocenters. The maximum atomic E-state index is 13.2. The average molecular weight is 249 g/mol. The quantitative estimate of drug-likeness (QED) is 0.265. The van der Waals surface area contributed by atoms with Gasteiger partial charge in [-0.05, 0) is 0 Å². The fraction of sp³-hybridized carbons (Fsp3) is 0.100. The Labute approximate surface area is 92.5 Å². The van der Waals surface area contributed by atoms with Gasteiger partial charge in [0.1, 0.15) is 12.3 Å². The zero-order valence-corrected chi connectivity index (χ0v) is 8.32. The molecule has 0 bridgehead atoms. The van der Waals surface area contributed by atoms with Crippen LogP contribution < -0.4 is 0 Å². The van der Waals surface area contributed by atoms with Crippen molar-refractivity contribution >= 4 is 5.57 Å². The minimum absolute atomic E-state index is 0.582. The number of halogens is 5. The highest BCUT2D eigenvalue weighted by Crippen LogP contribution is 2.28. The predicted molar refractivity (Wildman–Crippen MR) is 46.8 cm³/mol. The molecule has 0 saturated heterocycles. The molecule has 0 aliphatic carbocycles. The van der Waals surface area contributed by atoms with Crippen molar-refractivity contribution in [3.05, 3.63) is 40.9 Å². The van der Waals surface area contributed by atoms with E-state index in [9.17, 15) is 22.0 Å². The fourth-order valence-corrected chi connectivity index (χ4v) is 1.10. The van der Waals surface area contributed by atoms with Crippen LogP contribution in [0.3, 0.4) is 0 Å². The molecule has 7 heteroatoms. The van der Waals surface area contributed by atoms with E-state index >= 15 is 0 Å². The van der Waals surface area contributed by atoms with E-state index < -0.39 is 40.2 Å². The van der Waals surface area contributed by atoms with Crippen LogP contribution in [0.4, 0.5) is 22.0 Å². The minimum atomic E-state index is -2.28. The Morgan fingerprint density at radius 2 is 1.41 bits per heavy atom. The molecular weight excluding hydrogens is 245 g/mol. The van der Waals surface area contributed by atoms with Crippen molar-refractivity contribution in [2.45, 2.75) is 0 Å². The number of benzene rings is 1. The highest BCUT2D eigenvalue weighted by molar-refractivity contribution is 5.76. The first-order valence-corrected chi connectivity index (χ1v) is 4.10. The van der Waals surface area contributed by atoms with Gasteiger partial charge in [0.15, 0.2) is 23.3 Å². The predicted octanol–water partition coefficient (Wildman–Crippen LogP) is 2.89. The van der Waals surface area contributed by atoms with E-state index in [0.717, 1.165) is 7.11 Å². The molecule has 0 atom stereocenters. The normalized spacial score (nSPS) is 11.2. The lowest BCUT2D eigenvalue weighted by atomic mass is 10.1. The van der Waals surface area contributed by atoms with Gasteiger partial charge >= 0.3 is 0 Å². The molecule has 0 fully saturated rings. The van der Waals surface area contributed by atoms with Gasteiger partial charge in [-0.25, -0.2) is 22.0 Å². The number of ether oxygens (including phenoxy) is 1. The molecule has 2 nitrogen and oxygen atoms in total.